The number of hydrogen-bond donors (Lipinski definition) is 1. The monoisotopic (exact) mass is 335 g/mol. The zero-order valence-corrected chi connectivity index (χ0v) is 12.1. The van der Waals surface area contributed by atoms with Crippen LogP contribution in [-0.4, -0.2) is 11.1 Å². The van der Waals surface area contributed by atoms with Gasteiger partial charge in [0, 0.05) is 10.0 Å². The largest absolute Gasteiger partial charge is 0.484 e. The second-order valence-electron chi connectivity index (χ2n) is 4.07. The van der Waals surface area contributed by atoms with Crippen molar-refractivity contribution < 1.29 is 19.1 Å². The number of carbonyl (C=O) groups is 1. The van der Waals surface area contributed by atoms with Crippen LogP contribution in [0.3, 0.4) is 0 Å². The van der Waals surface area contributed by atoms with E-state index < -0.39 is 5.97 Å². The Kier molecular flexibility index (Phi) is 4.11. The second-order valence-corrected chi connectivity index (χ2v) is 4.99. The molecule has 0 aliphatic carbocycles. The summed E-state index contributed by atoms with van der Waals surface area (Å²) in [5.74, 6) is -0.400. The first kappa shape index (κ1) is 14.2. The molecule has 1 N–H and O–H groups in total. The zero-order valence-electron chi connectivity index (χ0n) is 10.5. The number of hydrogen-bond acceptors (Lipinski definition) is 4. The van der Waals surface area contributed by atoms with E-state index in [1.165, 1.54) is 0 Å². The van der Waals surface area contributed by atoms with Gasteiger partial charge in [0.2, 0.25) is 5.76 Å². The Morgan fingerprint density at radius 2 is 2.25 bits per heavy atom. The molecule has 0 radical (unpaired) electrons. The van der Waals surface area contributed by atoms with Crippen molar-refractivity contribution in [3.05, 3.63) is 51.4 Å². The van der Waals surface area contributed by atoms with Crippen LogP contribution in [0.2, 0.25) is 0 Å². The quantitative estimate of drug-likeness (QED) is 0.924. The van der Waals surface area contributed by atoms with Crippen LogP contribution in [0.25, 0.3) is 0 Å². The van der Waals surface area contributed by atoms with Crippen LogP contribution in [0.4, 0.5) is 0 Å². The topological polar surface area (TPSA) is 83.5 Å². The molecule has 0 atom stereocenters. The lowest BCUT2D eigenvalue weighted by Crippen LogP contribution is -1.97. The molecule has 20 heavy (non-hydrogen) atoms. The highest BCUT2D eigenvalue weighted by Gasteiger charge is 2.15. The normalized spacial score (nSPS) is 10.1. The highest BCUT2D eigenvalue weighted by Crippen LogP contribution is 2.24. The van der Waals surface area contributed by atoms with Gasteiger partial charge in [-0.1, -0.05) is 15.9 Å². The van der Waals surface area contributed by atoms with Crippen LogP contribution >= 0.6 is 15.9 Å². The van der Waals surface area contributed by atoms with E-state index in [9.17, 15) is 4.79 Å². The number of nitriles is 1. The van der Waals surface area contributed by atoms with E-state index >= 15 is 0 Å². The van der Waals surface area contributed by atoms with Gasteiger partial charge < -0.3 is 14.3 Å². The van der Waals surface area contributed by atoms with Gasteiger partial charge in [0.15, 0.2) is 0 Å². The average Bonchev–Trinajstić information content (AvgIpc) is 2.78. The molecule has 0 spiro atoms. The SMILES string of the molecule is Cc1cc(COc2ccc(Br)cc2C#N)oc1C(=O)O. The second kappa shape index (κ2) is 5.80. The number of aromatic carboxylic acids is 1. The molecule has 1 aromatic heterocycles. The summed E-state index contributed by atoms with van der Waals surface area (Å²) in [5.41, 5.74) is 0.925. The Hall–Kier alpha value is -2.26. The number of halogens is 1. The third kappa shape index (κ3) is 3.00. The molecule has 6 heteroatoms. The fraction of sp³-hybridized carbons (Fsp3) is 0.143. The van der Waals surface area contributed by atoms with Crippen LogP contribution in [0.1, 0.15) is 27.4 Å². The Bertz CT molecular complexity index is 700. The minimum atomic E-state index is -1.12. The molecular weight excluding hydrogens is 326 g/mol. The molecule has 1 aromatic carbocycles. The number of carboxylic acid groups (broad SMARTS) is 1. The Morgan fingerprint density at radius 1 is 1.50 bits per heavy atom. The van der Waals surface area contributed by atoms with Crippen molar-refractivity contribution in [2.75, 3.05) is 0 Å². The maximum absolute atomic E-state index is 10.9. The van der Waals surface area contributed by atoms with E-state index in [0.29, 0.717) is 22.6 Å². The number of rotatable bonds is 4. The van der Waals surface area contributed by atoms with Crippen molar-refractivity contribution in [3.63, 3.8) is 0 Å². The molecule has 0 saturated carbocycles. The van der Waals surface area contributed by atoms with E-state index in [0.717, 1.165) is 4.47 Å². The van der Waals surface area contributed by atoms with Crippen LogP contribution < -0.4 is 4.74 Å². The van der Waals surface area contributed by atoms with Gasteiger partial charge in [-0.3, -0.25) is 0 Å². The molecule has 0 unspecified atom stereocenters. The Labute approximate surface area is 123 Å². The van der Waals surface area contributed by atoms with Crippen LogP contribution in [0, 0.1) is 18.3 Å². The number of furan rings is 1. The average molecular weight is 336 g/mol. The summed E-state index contributed by atoms with van der Waals surface area (Å²) < 4.78 is 11.4. The minimum absolute atomic E-state index is 0.0600. The maximum Gasteiger partial charge on any atom is 0.372 e. The summed E-state index contributed by atoms with van der Waals surface area (Å²) in [6.07, 6.45) is 0. The molecule has 1 heterocycles. The van der Waals surface area contributed by atoms with Crippen LogP contribution in [0.5, 0.6) is 5.75 Å². The summed E-state index contributed by atoms with van der Waals surface area (Å²) in [6, 6.07) is 8.70. The predicted molar refractivity (Wildman–Crippen MR) is 73.6 cm³/mol. The lowest BCUT2D eigenvalue weighted by Gasteiger charge is -2.06. The van der Waals surface area contributed by atoms with Crippen molar-refractivity contribution >= 4 is 21.9 Å². The molecular formula is C14H10BrNO4. The Balaban J connectivity index is 2.15. The predicted octanol–water partition coefficient (Wildman–Crippen LogP) is 3.50. The third-order valence-corrected chi connectivity index (χ3v) is 3.09. The van der Waals surface area contributed by atoms with Gasteiger partial charge in [-0.25, -0.2) is 4.79 Å². The summed E-state index contributed by atoms with van der Waals surface area (Å²) in [7, 11) is 0. The first-order valence-corrected chi connectivity index (χ1v) is 6.45. The summed E-state index contributed by atoms with van der Waals surface area (Å²) in [6.45, 7) is 1.71. The number of ether oxygens (including phenoxy) is 1. The van der Waals surface area contributed by atoms with Gasteiger partial charge in [0.1, 0.15) is 24.2 Å². The van der Waals surface area contributed by atoms with Gasteiger partial charge in [0.25, 0.3) is 0 Å². The van der Waals surface area contributed by atoms with Gasteiger partial charge in [-0.2, -0.15) is 5.26 Å². The molecule has 0 bridgehead atoms. The van der Waals surface area contributed by atoms with E-state index in [-0.39, 0.29) is 12.4 Å². The fourth-order valence-corrected chi connectivity index (χ4v) is 2.06. The van der Waals surface area contributed by atoms with Crippen molar-refractivity contribution in [3.8, 4) is 11.8 Å². The Morgan fingerprint density at radius 3 is 2.85 bits per heavy atom. The first-order valence-electron chi connectivity index (χ1n) is 5.66. The molecule has 0 saturated heterocycles. The van der Waals surface area contributed by atoms with Gasteiger partial charge in [-0.15, -0.1) is 0 Å². The maximum atomic E-state index is 10.9. The molecule has 0 fully saturated rings. The smallest absolute Gasteiger partial charge is 0.372 e. The van der Waals surface area contributed by atoms with E-state index in [1.807, 2.05) is 6.07 Å². The molecule has 2 aromatic rings. The summed E-state index contributed by atoms with van der Waals surface area (Å²) in [4.78, 5) is 10.9. The molecule has 5 nitrogen and oxygen atoms in total. The van der Waals surface area contributed by atoms with Gasteiger partial charge >= 0.3 is 5.97 Å². The lowest BCUT2D eigenvalue weighted by molar-refractivity contribution is 0.0657. The van der Waals surface area contributed by atoms with Crippen molar-refractivity contribution in [2.45, 2.75) is 13.5 Å². The van der Waals surface area contributed by atoms with Crippen molar-refractivity contribution in [1.29, 1.82) is 5.26 Å². The molecule has 102 valence electrons. The molecule has 0 amide bonds. The van der Waals surface area contributed by atoms with E-state index in [4.69, 9.17) is 19.5 Å². The number of benzene rings is 1. The van der Waals surface area contributed by atoms with Crippen molar-refractivity contribution in [1.82, 2.24) is 0 Å². The highest BCUT2D eigenvalue weighted by atomic mass is 79.9. The highest BCUT2D eigenvalue weighted by molar-refractivity contribution is 9.10. The van der Waals surface area contributed by atoms with Crippen molar-refractivity contribution in [2.24, 2.45) is 0 Å². The standard InChI is InChI=1S/C14H10BrNO4/c1-8-4-11(20-13(8)14(17)18)7-19-12-3-2-10(15)5-9(12)6-16/h2-5H,7H2,1H3,(H,17,18). The zero-order chi connectivity index (χ0) is 14.7. The van der Waals surface area contributed by atoms with Crippen LogP contribution in [0.15, 0.2) is 33.2 Å². The molecule has 0 aliphatic rings. The van der Waals surface area contributed by atoms with E-state index in [2.05, 4.69) is 15.9 Å². The molecule has 0 aliphatic heterocycles. The van der Waals surface area contributed by atoms with Crippen LogP contribution in [-0.2, 0) is 6.61 Å². The summed E-state index contributed by atoms with van der Waals surface area (Å²) in [5, 5.41) is 17.9. The summed E-state index contributed by atoms with van der Waals surface area (Å²) >= 11 is 3.27. The van der Waals surface area contributed by atoms with Gasteiger partial charge in [0.05, 0.1) is 5.56 Å². The number of aryl methyl sites for hydroxylation is 1. The molecule has 2 rings (SSSR count). The fourth-order valence-electron chi connectivity index (χ4n) is 1.70. The first-order chi connectivity index (χ1) is 9.51. The third-order valence-electron chi connectivity index (χ3n) is 2.60. The van der Waals surface area contributed by atoms with E-state index in [1.54, 1.807) is 31.2 Å². The van der Waals surface area contributed by atoms with Gasteiger partial charge in [-0.05, 0) is 31.2 Å². The minimum Gasteiger partial charge on any atom is -0.484 e. The number of carboxylic acids is 1. The lowest BCUT2D eigenvalue weighted by atomic mass is 10.2. The number of nitrogens with zero attached hydrogens (tertiary/aromatic N) is 1.